The zero-order valence-corrected chi connectivity index (χ0v) is 16.0. The number of methoxy groups -OCH3 is 2. The van der Waals surface area contributed by atoms with Crippen molar-refractivity contribution in [3.05, 3.63) is 70.9 Å². The Morgan fingerprint density at radius 3 is 2.21 bits per heavy atom. The maximum Gasteiger partial charge on any atom is 0.357 e. The summed E-state index contributed by atoms with van der Waals surface area (Å²) < 4.78 is 11.0. The molecule has 8 heteroatoms. The zero-order chi connectivity index (χ0) is 21.1. The third-order valence-electron chi connectivity index (χ3n) is 4.40. The van der Waals surface area contributed by atoms with Crippen molar-refractivity contribution in [3.8, 4) is 16.9 Å². The normalized spacial score (nSPS) is 10.4. The van der Waals surface area contributed by atoms with Gasteiger partial charge in [0.15, 0.2) is 5.69 Å². The van der Waals surface area contributed by atoms with Gasteiger partial charge < -0.3 is 14.6 Å². The number of nitrogens with zero attached hydrogens (tertiary/aromatic N) is 2. The fourth-order valence-electron chi connectivity index (χ4n) is 2.96. The molecular weight excluding hydrogens is 376 g/mol. The number of aromatic nitrogens is 2. The van der Waals surface area contributed by atoms with E-state index >= 15 is 0 Å². The summed E-state index contributed by atoms with van der Waals surface area (Å²) in [6, 6.07) is 13.4. The van der Waals surface area contributed by atoms with Crippen LogP contribution in [0.2, 0.25) is 0 Å². The van der Waals surface area contributed by atoms with Gasteiger partial charge in [0.05, 0.1) is 25.5 Å². The van der Waals surface area contributed by atoms with E-state index in [1.165, 1.54) is 25.0 Å². The van der Waals surface area contributed by atoms with E-state index in [-0.39, 0.29) is 22.5 Å². The average Bonchev–Trinajstić information content (AvgIpc) is 3.14. The highest BCUT2D eigenvalue weighted by Crippen LogP contribution is 2.30. The van der Waals surface area contributed by atoms with E-state index < -0.39 is 17.9 Å². The first-order valence-corrected chi connectivity index (χ1v) is 8.58. The number of hydrogen-bond acceptors (Lipinski definition) is 6. The second-order valence-electron chi connectivity index (χ2n) is 6.14. The van der Waals surface area contributed by atoms with Crippen LogP contribution in [0.25, 0.3) is 16.9 Å². The van der Waals surface area contributed by atoms with Gasteiger partial charge >= 0.3 is 17.9 Å². The molecule has 8 nitrogen and oxygen atoms in total. The van der Waals surface area contributed by atoms with Crippen molar-refractivity contribution in [2.45, 2.75) is 6.92 Å². The molecule has 0 saturated carbocycles. The molecule has 0 bridgehead atoms. The molecule has 1 N–H and O–H groups in total. The molecule has 0 aliphatic rings. The van der Waals surface area contributed by atoms with Gasteiger partial charge in [0, 0.05) is 5.56 Å². The fourth-order valence-corrected chi connectivity index (χ4v) is 2.96. The Morgan fingerprint density at radius 2 is 1.62 bits per heavy atom. The lowest BCUT2D eigenvalue weighted by Gasteiger charge is -2.07. The molecule has 0 fully saturated rings. The molecule has 0 amide bonds. The van der Waals surface area contributed by atoms with E-state index in [1.807, 2.05) is 0 Å². The number of carboxylic acids is 1. The number of aromatic carboxylic acids is 1. The molecule has 0 unspecified atom stereocenters. The molecule has 0 atom stereocenters. The lowest BCUT2D eigenvalue weighted by atomic mass is 10.00. The monoisotopic (exact) mass is 394 g/mol. The van der Waals surface area contributed by atoms with Crippen molar-refractivity contribution >= 4 is 17.9 Å². The number of rotatable bonds is 5. The molecule has 0 aliphatic heterocycles. The Labute approximate surface area is 166 Å². The Morgan fingerprint density at radius 1 is 0.966 bits per heavy atom. The van der Waals surface area contributed by atoms with Crippen LogP contribution in [0.15, 0.2) is 48.5 Å². The molecule has 29 heavy (non-hydrogen) atoms. The molecule has 148 valence electrons. The molecular formula is C21H18N2O6. The lowest BCUT2D eigenvalue weighted by Crippen LogP contribution is -2.15. The predicted octanol–water partition coefficient (Wildman–Crippen LogP) is 3.12. The number of hydrogen-bond donors (Lipinski definition) is 1. The van der Waals surface area contributed by atoms with Crippen LogP contribution in [0.5, 0.6) is 0 Å². The Kier molecular flexibility index (Phi) is 5.45. The summed E-state index contributed by atoms with van der Waals surface area (Å²) in [5, 5.41) is 13.9. The number of benzene rings is 2. The van der Waals surface area contributed by atoms with Gasteiger partial charge in [-0.15, -0.1) is 0 Å². The maximum absolute atomic E-state index is 12.6. The Bertz CT molecular complexity index is 1100. The summed E-state index contributed by atoms with van der Waals surface area (Å²) >= 11 is 0. The van der Waals surface area contributed by atoms with Gasteiger partial charge in [-0.05, 0) is 30.7 Å². The smallest absolute Gasteiger partial charge is 0.357 e. The van der Waals surface area contributed by atoms with E-state index in [1.54, 1.807) is 49.4 Å². The van der Waals surface area contributed by atoms with Crippen molar-refractivity contribution in [2.24, 2.45) is 0 Å². The number of carbonyl (C=O) groups is 3. The fraction of sp³-hybridized carbons (Fsp3) is 0.143. The number of para-hydroxylation sites is 1. The van der Waals surface area contributed by atoms with Crippen LogP contribution in [0.1, 0.15) is 36.8 Å². The van der Waals surface area contributed by atoms with Crippen LogP contribution in [-0.4, -0.2) is 47.0 Å². The summed E-state index contributed by atoms with van der Waals surface area (Å²) in [5.74, 6) is -2.68. The summed E-state index contributed by atoms with van der Waals surface area (Å²) in [6.07, 6.45) is 0. The maximum atomic E-state index is 12.6. The summed E-state index contributed by atoms with van der Waals surface area (Å²) in [7, 11) is 2.38. The molecule has 1 aromatic heterocycles. The molecule has 0 saturated heterocycles. The Hall–Kier alpha value is -3.94. The number of carbonyl (C=O) groups excluding carboxylic acids is 2. The summed E-state index contributed by atoms with van der Waals surface area (Å²) in [4.78, 5) is 36.7. The second kappa shape index (κ2) is 7.97. The number of ether oxygens (including phenoxy) is 2. The molecule has 1 heterocycles. The Balaban J connectivity index is 2.37. The van der Waals surface area contributed by atoms with E-state index in [2.05, 4.69) is 5.10 Å². The van der Waals surface area contributed by atoms with Gasteiger partial charge in [0.2, 0.25) is 0 Å². The van der Waals surface area contributed by atoms with Crippen molar-refractivity contribution in [1.29, 1.82) is 0 Å². The molecule has 0 radical (unpaired) electrons. The SMILES string of the molecule is COC(=O)c1c(-c2ccc(C)c(C(=O)O)c2)nn(-c2ccccc2)c1C(=O)OC. The third kappa shape index (κ3) is 3.60. The first-order chi connectivity index (χ1) is 13.9. The first-order valence-electron chi connectivity index (χ1n) is 8.58. The zero-order valence-electron chi connectivity index (χ0n) is 16.0. The highest BCUT2D eigenvalue weighted by atomic mass is 16.5. The van der Waals surface area contributed by atoms with Crippen LogP contribution in [0.3, 0.4) is 0 Å². The number of carboxylic acid groups (broad SMARTS) is 1. The second-order valence-corrected chi connectivity index (χ2v) is 6.14. The van der Waals surface area contributed by atoms with E-state index in [0.717, 1.165) is 0 Å². The first kappa shape index (κ1) is 19.8. The minimum atomic E-state index is -1.11. The number of esters is 2. The topological polar surface area (TPSA) is 108 Å². The van der Waals surface area contributed by atoms with Crippen LogP contribution in [0, 0.1) is 6.92 Å². The molecule has 0 aliphatic carbocycles. The van der Waals surface area contributed by atoms with Crippen molar-refractivity contribution in [2.75, 3.05) is 14.2 Å². The minimum Gasteiger partial charge on any atom is -0.478 e. The van der Waals surface area contributed by atoms with Gasteiger partial charge in [-0.1, -0.05) is 30.3 Å². The quantitative estimate of drug-likeness (QED) is 0.663. The van der Waals surface area contributed by atoms with Crippen LogP contribution >= 0.6 is 0 Å². The number of aryl methyl sites for hydroxylation is 1. The van der Waals surface area contributed by atoms with Crippen molar-refractivity contribution in [3.63, 3.8) is 0 Å². The van der Waals surface area contributed by atoms with Gasteiger partial charge in [-0.2, -0.15) is 5.10 Å². The van der Waals surface area contributed by atoms with Gasteiger partial charge in [-0.3, -0.25) is 0 Å². The molecule has 0 spiro atoms. The highest BCUT2D eigenvalue weighted by Gasteiger charge is 2.31. The minimum absolute atomic E-state index is 0.0622. The van der Waals surface area contributed by atoms with Crippen LogP contribution in [0.4, 0.5) is 0 Å². The van der Waals surface area contributed by atoms with Gasteiger partial charge in [0.25, 0.3) is 0 Å². The third-order valence-corrected chi connectivity index (χ3v) is 4.40. The average molecular weight is 394 g/mol. The largest absolute Gasteiger partial charge is 0.478 e. The summed E-state index contributed by atoms with van der Waals surface area (Å²) in [6.45, 7) is 1.66. The standard InChI is InChI=1S/C21H18N2O6/c1-12-9-10-13(11-15(12)19(24)25)17-16(20(26)28-2)18(21(27)29-3)23(22-17)14-7-5-4-6-8-14/h4-11H,1-3H3,(H,24,25). The molecule has 3 rings (SSSR count). The van der Waals surface area contributed by atoms with Gasteiger partial charge in [-0.25, -0.2) is 19.1 Å². The van der Waals surface area contributed by atoms with E-state index in [9.17, 15) is 19.5 Å². The summed E-state index contributed by atoms with van der Waals surface area (Å²) in [5.41, 5.74) is 1.39. The molecule has 3 aromatic rings. The van der Waals surface area contributed by atoms with E-state index in [4.69, 9.17) is 9.47 Å². The highest BCUT2D eigenvalue weighted by molar-refractivity contribution is 6.07. The van der Waals surface area contributed by atoms with Gasteiger partial charge in [0.1, 0.15) is 11.3 Å². The van der Waals surface area contributed by atoms with E-state index in [0.29, 0.717) is 16.8 Å². The van der Waals surface area contributed by atoms with Crippen molar-refractivity contribution < 1.29 is 29.0 Å². The van der Waals surface area contributed by atoms with Crippen LogP contribution < -0.4 is 0 Å². The molecule has 2 aromatic carbocycles. The predicted molar refractivity (Wildman–Crippen MR) is 103 cm³/mol. The van der Waals surface area contributed by atoms with Crippen molar-refractivity contribution in [1.82, 2.24) is 9.78 Å². The lowest BCUT2D eigenvalue weighted by molar-refractivity contribution is 0.0549. The van der Waals surface area contributed by atoms with Crippen LogP contribution in [-0.2, 0) is 9.47 Å².